The van der Waals surface area contributed by atoms with E-state index in [1.165, 1.54) is 9.78 Å². The Kier molecular flexibility index (Phi) is 7.66. The zero-order chi connectivity index (χ0) is 20.6. The van der Waals surface area contributed by atoms with Crippen LogP contribution in [0.25, 0.3) is 0 Å². The molecule has 2 heterocycles. The lowest BCUT2D eigenvalue weighted by molar-refractivity contribution is -0.917. The molecule has 0 saturated carbocycles. The molecule has 0 spiro atoms. The molecule has 0 unspecified atom stereocenters. The monoisotopic (exact) mass is 416 g/mol. The van der Waals surface area contributed by atoms with Crippen LogP contribution in [0, 0.1) is 5.92 Å². The average molecular weight is 417 g/mol. The SMILES string of the molecule is CC(C)[C@H](NC(=O)COc1ccccc1)C(=O)N1CC[NH+](Cc2cccs2)CC1. The minimum Gasteiger partial charge on any atom is -0.484 e. The van der Waals surface area contributed by atoms with Crippen LogP contribution in [0.5, 0.6) is 5.75 Å². The number of carbonyl (C=O) groups excluding carboxylic acids is 2. The fraction of sp³-hybridized carbons (Fsp3) is 0.455. The van der Waals surface area contributed by atoms with Crippen LogP contribution in [0.15, 0.2) is 47.8 Å². The van der Waals surface area contributed by atoms with Gasteiger partial charge in [-0.05, 0) is 29.5 Å². The summed E-state index contributed by atoms with van der Waals surface area (Å²) in [6.07, 6.45) is 0. The highest BCUT2D eigenvalue weighted by atomic mass is 32.1. The van der Waals surface area contributed by atoms with E-state index >= 15 is 0 Å². The molecule has 7 heteroatoms. The van der Waals surface area contributed by atoms with Crippen molar-refractivity contribution in [3.8, 4) is 5.75 Å². The summed E-state index contributed by atoms with van der Waals surface area (Å²) < 4.78 is 5.50. The largest absolute Gasteiger partial charge is 0.484 e. The predicted molar refractivity (Wildman–Crippen MR) is 114 cm³/mol. The standard InChI is InChI=1S/C22H29N3O3S/c1-17(2)21(23-20(26)16-28-18-7-4-3-5-8-18)22(27)25-12-10-24(11-13-25)15-19-9-6-14-29-19/h3-9,14,17,21H,10-13,15-16H2,1-2H3,(H,23,26)/p+1/t21-/m0/s1. The highest BCUT2D eigenvalue weighted by molar-refractivity contribution is 7.09. The van der Waals surface area contributed by atoms with E-state index in [9.17, 15) is 9.59 Å². The minimum absolute atomic E-state index is 0.00300. The highest BCUT2D eigenvalue weighted by Crippen LogP contribution is 2.10. The number of hydrogen-bond donors (Lipinski definition) is 2. The fourth-order valence-corrected chi connectivity index (χ4v) is 4.25. The molecule has 1 aromatic carbocycles. The maximum Gasteiger partial charge on any atom is 0.258 e. The summed E-state index contributed by atoms with van der Waals surface area (Å²) in [6, 6.07) is 12.9. The van der Waals surface area contributed by atoms with Crippen LogP contribution in [0.2, 0.25) is 0 Å². The second-order valence-electron chi connectivity index (χ2n) is 7.72. The van der Waals surface area contributed by atoms with Crippen molar-refractivity contribution >= 4 is 23.2 Å². The third kappa shape index (κ3) is 6.30. The third-order valence-corrected chi connectivity index (χ3v) is 6.03. The molecule has 2 N–H and O–H groups in total. The number of para-hydroxylation sites is 1. The number of piperazine rings is 1. The minimum atomic E-state index is -0.527. The molecule has 0 aliphatic carbocycles. The van der Waals surface area contributed by atoms with E-state index < -0.39 is 6.04 Å². The quantitative estimate of drug-likeness (QED) is 0.680. The van der Waals surface area contributed by atoms with Gasteiger partial charge in [-0.2, -0.15) is 0 Å². The lowest BCUT2D eigenvalue weighted by atomic mass is 10.0. The first-order valence-electron chi connectivity index (χ1n) is 10.1. The summed E-state index contributed by atoms with van der Waals surface area (Å²) in [5.41, 5.74) is 0. The molecule has 156 valence electrons. The van der Waals surface area contributed by atoms with Crippen molar-refractivity contribution in [1.29, 1.82) is 0 Å². The van der Waals surface area contributed by atoms with Gasteiger partial charge in [0.1, 0.15) is 18.3 Å². The maximum atomic E-state index is 13.0. The average Bonchev–Trinajstić information content (AvgIpc) is 3.24. The van der Waals surface area contributed by atoms with Gasteiger partial charge >= 0.3 is 0 Å². The molecule has 1 fully saturated rings. The first-order valence-corrected chi connectivity index (χ1v) is 11.0. The number of nitrogens with zero attached hydrogens (tertiary/aromatic N) is 1. The van der Waals surface area contributed by atoms with Crippen LogP contribution in [-0.2, 0) is 16.1 Å². The summed E-state index contributed by atoms with van der Waals surface area (Å²) in [5.74, 6) is 0.380. The van der Waals surface area contributed by atoms with Gasteiger partial charge in [0, 0.05) is 0 Å². The van der Waals surface area contributed by atoms with Crippen molar-refractivity contribution < 1.29 is 19.2 Å². The molecule has 1 saturated heterocycles. The number of amides is 2. The number of nitrogens with one attached hydrogen (secondary N) is 2. The number of carbonyl (C=O) groups is 2. The summed E-state index contributed by atoms with van der Waals surface area (Å²) in [7, 11) is 0. The van der Waals surface area contributed by atoms with Gasteiger partial charge in [0.05, 0.1) is 31.1 Å². The molecule has 6 nitrogen and oxygen atoms in total. The zero-order valence-electron chi connectivity index (χ0n) is 17.1. The maximum absolute atomic E-state index is 13.0. The molecular formula is C22H30N3O3S+. The van der Waals surface area contributed by atoms with Gasteiger partial charge in [0.25, 0.3) is 5.91 Å². The topological polar surface area (TPSA) is 63.1 Å². The van der Waals surface area contributed by atoms with Gasteiger partial charge in [-0.1, -0.05) is 38.1 Å². The number of benzene rings is 1. The van der Waals surface area contributed by atoms with Crippen LogP contribution in [0.4, 0.5) is 0 Å². The lowest BCUT2D eigenvalue weighted by Crippen LogP contribution is -3.13. The normalized spacial score (nSPS) is 15.9. The molecule has 2 amide bonds. The van der Waals surface area contributed by atoms with Crippen molar-refractivity contribution in [2.45, 2.75) is 26.4 Å². The predicted octanol–water partition coefficient (Wildman–Crippen LogP) is 1.20. The van der Waals surface area contributed by atoms with Crippen molar-refractivity contribution in [1.82, 2.24) is 10.2 Å². The lowest BCUT2D eigenvalue weighted by Gasteiger charge is -2.35. The molecule has 3 rings (SSSR count). The zero-order valence-corrected chi connectivity index (χ0v) is 17.9. The van der Waals surface area contributed by atoms with Gasteiger partial charge in [-0.3, -0.25) is 9.59 Å². The first-order chi connectivity index (χ1) is 14.0. The molecule has 0 radical (unpaired) electrons. The summed E-state index contributed by atoms with van der Waals surface area (Å²) >= 11 is 1.78. The Balaban J connectivity index is 1.48. The van der Waals surface area contributed by atoms with Crippen LogP contribution < -0.4 is 15.0 Å². The smallest absolute Gasteiger partial charge is 0.258 e. The van der Waals surface area contributed by atoms with Crippen LogP contribution in [0.1, 0.15) is 18.7 Å². The molecule has 1 aliphatic heterocycles. The van der Waals surface area contributed by atoms with Crippen molar-refractivity contribution in [2.75, 3.05) is 32.8 Å². The second kappa shape index (κ2) is 10.4. The van der Waals surface area contributed by atoms with Crippen LogP contribution in [0.3, 0.4) is 0 Å². The van der Waals surface area contributed by atoms with Crippen LogP contribution >= 0.6 is 11.3 Å². The van der Waals surface area contributed by atoms with Gasteiger partial charge in [-0.25, -0.2) is 0 Å². The Bertz CT molecular complexity index is 772. The first kappa shape index (κ1) is 21.3. The Hall–Kier alpha value is -2.38. The third-order valence-electron chi connectivity index (χ3n) is 5.15. The van der Waals surface area contributed by atoms with E-state index in [1.54, 1.807) is 23.5 Å². The molecular weight excluding hydrogens is 386 g/mol. The van der Waals surface area contributed by atoms with E-state index in [0.717, 1.165) is 32.7 Å². The Morgan fingerprint density at radius 2 is 1.86 bits per heavy atom. The number of quaternary nitrogens is 1. The Morgan fingerprint density at radius 3 is 2.48 bits per heavy atom. The van der Waals surface area contributed by atoms with Gasteiger partial charge < -0.3 is 19.9 Å². The summed E-state index contributed by atoms with van der Waals surface area (Å²) in [5, 5.41) is 4.97. The number of ether oxygens (including phenoxy) is 1. The van der Waals surface area contributed by atoms with Crippen LogP contribution in [-0.4, -0.2) is 55.5 Å². The second-order valence-corrected chi connectivity index (χ2v) is 8.75. The Labute approximate surface area is 176 Å². The number of hydrogen-bond acceptors (Lipinski definition) is 4. The number of thiophene rings is 1. The van der Waals surface area contributed by atoms with Crippen molar-refractivity contribution in [2.24, 2.45) is 5.92 Å². The van der Waals surface area contributed by atoms with Crippen molar-refractivity contribution in [3.05, 3.63) is 52.7 Å². The molecule has 1 atom stereocenters. The highest BCUT2D eigenvalue weighted by Gasteiger charge is 2.32. The molecule has 1 aromatic heterocycles. The van der Waals surface area contributed by atoms with Crippen molar-refractivity contribution in [3.63, 3.8) is 0 Å². The summed E-state index contributed by atoms with van der Waals surface area (Å²) in [4.78, 5) is 30.1. The van der Waals surface area contributed by atoms with Gasteiger partial charge in [-0.15, -0.1) is 11.3 Å². The van der Waals surface area contributed by atoms with E-state index in [1.807, 2.05) is 36.9 Å². The fourth-order valence-electron chi connectivity index (χ4n) is 3.47. The van der Waals surface area contributed by atoms with E-state index in [0.29, 0.717) is 5.75 Å². The molecule has 0 bridgehead atoms. The molecule has 1 aliphatic rings. The van der Waals surface area contributed by atoms with Gasteiger partial charge in [0.15, 0.2) is 6.61 Å². The molecule has 2 aromatic rings. The van der Waals surface area contributed by atoms with E-state index in [-0.39, 0.29) is 24.3 Å². The number of rotatable bonds is 8. The van der Waals surface area contributed by atoms with Gasteiger partial charge in [0.2, 0.25) is 5.91 Å². The molecule has 29 heavy (non-hydrogen) atoms. The van der Waals surface area contributed by atoms with E-state index in [2.05, 4.69) is 22.8 Å². The van der Waals surface area contributed by atoms with E-state index in [4.69, 9.17) is 4.74 Å². The summed E-state index contributed by atoms with van der Waals surface area (Å²) in [6.45, 7) is 8.13. The Morgan fingerprint density at radius 1 is 1.14 bits per heavy atom.